The number of carbonyl (C=O) groups excluding carboxylic acids is 1. The van der Waals surface area contributed by atoms with Crippen LogP contribution in [0, 0.1) is 6.92 Å². The summed E-state index contributed by atoms with van der Waals surface area (Å²) in [6.07, 6.45) is 0. The average molecular weight is 574 g/mol. The fourth-order valence-corrected chi connectivity index (χ4v) is 4.62. The van der Waals surface area contributed by atoms with Gasteiger partial charge in [-0.15, -0.1) is 0 Å². The number of para-hydroxylation sites is 1. The van der Waals surface area contributed by atoms with Gasteiger partial charge in [0.1, 0.15) is 18.1 Å². The Hall–Kier alpha value is -5.17. The highest BCUT2D eigenvalue weighted by molar-refractivity contribution is 5.99. The van der Waals surface area contributed by atoms with Crippen molar-refractivity contribution >= 4 is 29.5 Å². The third-order valence-corrected chi connectivity index (χ3v) is 6.53. The molecule has 0 aromatic heterocycles. The van der Waals surface area contributed by atoms with Crippen LogP contribution in [0.15, 0.2) is 121 Å². The summed E-state index contributed by atoms with van der Waals surface area (Å²) in [7, 11) is 1.00. The van der Waals surface area contributed by atoms with Gasteiger partial charge in [-0.1, -0.05) is 91.0 Å². The maximum absolute atomic E-state index is 12.8. The first-order chi connectivity index (χ1) is 21.0. The molecule has 43 heavy (non-hydrogen) atoms. The molecule has 0 amide bonds. The second-order valence-electron chi connectivity index (χ2n) is 9.57. The maximum atomic E-state index is 12.8. The molecule has 0 fully saturated rings. The molecule has 0 saturated carbocycles. The first-order valence-electron chi connectivity index (χ1n) is 13.8. The third-order valence-electron chi connectivity index (χ3n) is 6.53. The van der Waals surface area contributed by atoms with Crippen molar-refractivity contribution in [2.75, 3.05) is 25.6 Å². The molecule has 1 aliphatic rings. The molecule has 3 N–H and O–H groups in total. The van der Waals surface area contributed by atoms with Crippen molar-refractivity contribution in [2.45, 2.75) is 6.92 Å². The van der Waals surface area contributed by atoms with E-state index in [0.717, 1.165) is 45.6 Å². The Labute approximate surface area is 251 Å². The van der Waals surface area contributed by atoms with Crippen molar-refractivity contribution in [3.05, 3.63) is 154 Å². The van der Waals surface area contributed by atoms with Gasteiger partial charge >= 0.3 is 5.97 Å². The number of ether oxygens (including phenoxy) is 2. The van der Waals surface area contributed by atoms with Gasteiger partial charge in [-0.2, -0.15) is 0 Å². The van der Waals surface area contributed by atoms with Crippen molar-refractivity contribution in [3.8, 4) is 11.5 Å². The number of rotatable bonds is 6. The SMILES string of the molecule is C=c1ccc2c(c1)Oc1cc(Nc3ccccc3)ccc1C=2c1ccccc1C(=O)OCCO.CO.Cc1ccccc1. The molecule has 218 valence electrons. The Kier molecular flexibility index (Phi) is 10.9. The Morgan fingerprint density at radius 2 is 1.44 bits per heavy atom. The van der Waals surface area contributed by atoms with E-state index in [1.165, 1.54) is 5.56 Å². The van der Waals surface area contributed by atoms with E-state index in [1.54, 1.807) is 12.1 Å². The lowest BCUT2D eigenvalue weighted by molar-refractivity contribution is 0.0433. The molecule has 0 aliphatic carbocycles. The monoisotopic (exact) mass is 573 g/mol. The van der Waals surface area contributed by atoms with Crippen LogP contribution in [0.5, 0.6) is 11.5 Å². The fraction of sp³-hybridized carbons (Fsp3) is 0.108. The highest BCUT2D eigenvalue weighted by Crippen LogP contribution is 2.39. The zero-order valence-corrected chi connectivity index (χ0v) is 24.3. The Morgan fingerprint density at radius 1 is 0.767 bits per heavy atom. The van der Waals surface area contributed by atoms with Crippen LogP contribution in [0.3, 0.4) is 0 Å². The molecule has 0 atom stereocenters. The molecule has 0 spiro atoms. The molecule has 6 rings (SSSR count). The molecular weight excluding hydrogens is 538 g/mol. The predicted octanol–water partition coefficient (Wildman–Crippen LogP) is 5.95. The lowest BCUT2D eigenvalue weighted by atomic mass is 9.89. The molecular formula is C37H35NO5. The standard InChI is InChI=1S/C29H23NO4.C7H8.CH4O/c1-19-11-13-24-26(17-19)34-27-18-21(30-20-7-3-2-4-8-20)12-14-25(27)28(24)22-9-5-6-10-23(22)29(32)33-16-15-31;1-7-5-3-2-4-6-7;1-2/h2-14,17-18,30-31H,1,15-16H2;2-6H,1H3;2H,1H3. The average Bonchev–Trinajstić information content (AvgIpc) is 3.04. The lowest BCUT2D eigenvalue weighted by Crippen LogP contribution is -2.21. The summed E-state index contributed by atoms with van der Waals surface area (Å²) in [6, 6.07) is 39.2. The third kappa shape index (κ3) is 7.77. The van der Waals surface area contributed by atoms with Crippen LogP contribution in [0.4, 0.5) is 11.4 Å². The van der Waals surface area contributed by atoms with Crippen LogP contribution >= 0.6 is 0 Å². The van der Waals surface area contributed by atoms with E-state index in [1.807, 2.05) is 97.1 Å². The molecule has 0 radical (unpaired) electrons. The lowest BCUT2D eigenvalue weighted by Gasteiger charge is -2.23. The normalized spacial score (nSPS) is 10.8. The van der Waals surface area contributed by atoms with E-state index in [2.05, 4.69) is 31.0 Å². The highest BCUT2D eigenvalue weighted by atomic mass is 16.5. The Bertz CT molecular complexity index is 1770. The molecule has 1 heterocycles. The topological polar surface area (TPSA) is 88.0 Å². The van der Waals surface area contributed by atoms with Crippen LogP contribution < -0.4 is 20.5 Å². The van der Waals surface area contributed by atoms with E-state index in [4.69, 9.17) is 19.7 Å². The van der Waals surface area contributed by atoms with Gasteiger partial charge < -0.3 is 25.0 Å². The second kappa shape index (κ2) is 15.2. The van der Waals surface area contributed by atoms with Crippen LogP contribution in [-0.2, 0) is 4.74 Å². The predicted molar refractivity (Wildman–Crippen MR) is 172 cm³/mol. The molecule has 6 heteroatoms. The molecule has 0 bridgehead atoms. The molecule has 6 nitrogen and oxygen atoms in total. The summed E-state index contributed by atoms with van der Waals surface area (Å²) in [4.78, 5) is 12.8. The van der Waals surface area contributed by atoms with Crippen molar-refractivity contribution in [2.24, 2.45) is 0 Å². The van der Waals surface area contributed by atoms with Gasteiger partial charge in [0.05, 0.1) is 12.2 Å². The summed E-state index contributed by atoms with van der Waals surface area (Å²) in [5.41, 5.74) is 6.08. The number of aliphatic hydroxyl groups excluding tert-OH is 2. The Morgan fingerprint density at radius 3 is 2.12 bits per heavy atom. The minimum atomic E-state index is -0.483. The second-order valence-corrected chi connectivity index (χ2v) is 9.57. The number of aliphatic hydroxyl groups is 2. The summed E-state index contributed by atoms with van der Waals surface area (Å²) < 4.78 is 11.5. The highest BCUT2D eigenvalue weighted by Gasteiger charge is 2.24. The van der Waals surface area contributed by atoms with E-state index < -0.39 is 5.97 Å². The van der Waals surface area contributed by atoms with Gasteiger partial charge in [-0.05, 0) is 54.1 Å². The van der Waals surface area contributed by atoms with Crippen LogP contribution in [0.1, 0.15) is 27.0 Å². The first kappa shape index (κ1) is 30.8. The summed E-state index contributed by atoms with van der Waals surface area (Å²) in [5, 5.41) is 21.2. The van der Waals surface area contributed by atoms with Crippen LogP contribution in [0.25, 0.3) is 12.2 Å². The quantitative estimate of drug-likeness (QED) is 0.214. The number of esters is 1. The number of hydrogen-bond acceptors (Lipinski definition) is 6. The van der Waals surface area contributed by atoms with Gasteiger partial charge in [0, 0.05) is 40.9 Å². The zero-order chi connectivity index (χ0) is 30.6. The van der Waals surface area contributed by atoms with Crippen molar-refractivity contribution in [1.29, 1.82) is 0 Å². The summed E-state index contributed by atoms with van der Waals surface area (Å²) >= 11 is 0. The minimum Gasteiger partial charge on any atom is -0.460 e. The van der Waals surface area contributed by atoms with E-state index >= 15 is 0 Å². The van der Waals surface area contributed by atoms with E-state index in [-0.39, 0.29) is 13.2 Å². The number of aryl methyl sites for hydroxylation is 1. The van der Waals surface area contributed by atoms with Crippen molar-refractivity contribution in [3.63, 3.8) is 0 Å². The van der Waals surface area contributed by atoms with Gasteiger partial charge in [0.2, 0.25) is 0 Å². The van der Waals surface area contributed by atoms with Gasteiger partial charge in [0.15, 0.2) is 0 Å². The van der Waals surface area contributed by atoms with E-state index in [9.17, 15) is 4.79 Å². The molecule has 5 aromatic carbocycles. The minimum absolute atomic E-state index is 0.0574. The number of fused-ring (bicyclic) bond motifs is 2. The van der Waals surface area contributed by atoms with Gasteiger partial charge in [-0.25, -0.2) is 4.79 Å². The fourth-order valence-electron chi connectivity index (χ4n) is 4.62. The number of anilines is 2. The Balaban J connectivity index is 0.000000409. The first-order valence-corrected chi connectivity index (χ1v) is 13.8. The number of carbonyl (C=O) groups is 1. The maximum Gasteiger partial charge on any atom is 0.338 e. The zero-order valence-electron chi connectivity index (χ0n) is 24.3. The van der Waals surface area contributed by atoms with E-state index in [0.29, 0.717) is 17.1 Å². The van der Waals surface area contributed by atoms with Crippen LogP contribution in [-0.4, -0.2) is 36.5 Å². The number of nitrogens with one attached hydrogen (secondary N) is 1. The number of hydrogen-bond donors (Lipinski definition) is 3. The number of benzene rings is 5. The molecule has 0 saturated heterocycles. The van der Waals surface area contributed by atoms with Gasteiger partial charge in [0.25, 0.3) is 0 Å². The molecule has 5 aromatic rings. The smallest absolute Gasteiger partial charge is 0.338 e. The summed E-state index contributed by atoms with van der Waals surface area (Å²) in [5.74, 6) is 0.862. The van der Waals surface area contributed by atoms with Crippen molar-refractivity contribution < 1.29 is 24.5 Å². The van der Waals surface area contributed by atoms with Crippen molar-refractivity contribution in [1.82, 2.24) is 0 Å². The van der Waals surface area contributed by atoms with Gasteiger partial charge in [-0.3, -0.25) is 0 Å². The molecule has 0 unspecified atom stereocenters. The summed E-state index contributed by atoms with van der Waals surface area (Å²) in [6.45, 7) is 5.83. The largest absolute Gasteiger partial charge is 0.460 e. The van der Waals surface area contributed by atoms with Crippen LogP contribution in [0.2, 0.25) is 0 Å². The molecule has 1 aliphatic heterocycles.